The van der Waals surface area contributed by atoms with Gasteiger partial charge >= 0.3 is 0 Å². The van der Waals surface area contributed by atoms with E-state index in [2.05, 4.69) is 42.7 Å². The fourth-order valence-corrected chi connectivity index (χ4v) is 3.38. The SMILES string of the molecule is COc1nc(N2CC3CN(C)CC3C2)ncc1Br. The van der Waals surface area contributed by atoms with Crippen LogP contribution in [-0.2, 0) is 0 Å². The van der Waals surface area contributed by atoms with E-state index in [0.717, 1.165) is 35.3 Å². The van der Waals surface area contributed by atoms with Crippen LogP contribution >= 0.6 is 15.9 Å². The molecule has 2 saturated heterocycles. The van der Waals surface area contributed by atoms with Crippen molar-refractivity contribution in [1.82, 2.24) is 14.9 Å². The van der Waals surface area contributed by atoms with Gasteiger partial charge in [-0.3, -0.25) is 0 Å². The second-order valence-corrected chi connectivity index (χ2v) is 6.03. The van der Waals surface area contributed by atoms with Gasteiger partial charge in [0.1, 0.15) is 0 Å². The second-order valence-electron chi connectivity index (χ2n) is 5.17. The summed E-state index contributed by atoms with van der Waals surface area (Å²) in [6, 6.07) is 0. The van der Waals surface area contributed by atoms with Crippen LogP contribution in [0, 0.1) is 11.8 Å². The molecule has 0 spiro atoms. The Kier molecular flexibility index (Phi) is 3.15. The van der Waals surface area contributed by atoms with Gasteiger partial charge in [0.25, 0.3) is 0 Å². The largest absolute Gasteiger partial charge is 0.480 e. The lowest BCUT2D eigenvalue weighted by Crippen LogP contribution is -2.28. The highest BCUT2D eigenvalue weighted by Crippen LogP contribution is 2.33. The van der Waals surface area contributed by atoms with E-state index in [9.17, 15) is 0 Å². The molecule has 98 valence electrons. The second kappa shape index (κ2) is 4.66. The average molecular weight is 313 g/mol. The lowest BCUT2D eigenvalue weighted by molar-refractivity contribution is 0.384. The van der Waals surface area contributed by atoms with Gasteiger partial charge in [-0.25, -0.2) is 4.98 Å². The molecule has 0 aliphatic carbocycles. The molecule has 0 bridgehead atoms. The standard InChI is InChI=1S/C12H17BrN4O/c1-16-4-8-6-17(7-9(8)5-16)12-14-3-10(13)11(15-12)18-2/h3,8-9H,4-7H2,1-2H3. The Balaban J connectivity index is 1.77. The van der Waals surface area contributed by atoms with Crippen molar-refractivity contribution in [1.29, 1.82) is 0 Å². The molecule has 0 aromatic carbocycles. The number of halogens is 1. The number of ether oxygens (including phenoxy) is 1. The zero-order valence-corrected chi connectivity index (χ0v) is 12.2. The molecule has 0 saturated carbocycles. The first-order valence-electron chi connectivity index (χ1n) is 6.17. The summed E-state index contributed by atoms with van der Waals surface area (Å²) in [5.41, 5.74) is 0. The van der Waals surface area contributed by atoms with Crippen molar-refractivity contribution in [2.45, 2.75) is 0 Å². The Morgan fingerprint density at radius 1 is 1.28 bits per heavy atom. The summed E-state index contributed by atoms with van der Waals surface area (Å²) < 4.78 is 6.02. The predicted molar refractivity (Wildman–Crippen MR) is 73.0 cm³/mol. The maximum absolute atomic E-state index is 5.22. The Labute approximate surface area is 115 Å². The van der Waals surface area contributed by atoms with Gasteiger partial charge in [-0.2, -0.15) is 4.98 Å². The first-order valence-corrected chi connectivity index (χ1v) is 6.96. The molecule has 1 aromatic rings. The van der Waals surface area contributed by atoms with Crippen molar-refractivity contribution in [3.05, 3.63) is 10.7 Å². The van der Waals surface area contributed by atoms with Crippen LogP contribution in [0.3, 0.4) is 0 Å². The molecule has 0 radical (unpaired) electrons. The molecule has 3 heterocycles. The Morgan fingerprint density at radius 2 is 1.94 bits per heavy atom. The van der Waals surface area contributed by atoms with Crippen LogP contribution in [0.25, 0.3) is 0 Å². The van der Waals surface area contributed by atoms with E-state index in [1.54, 1.807) is 13.3 Å². The fourth-order valence-electron chi connectivity index (χ4n) is 3.03. The van der Waals surface area contributed by atoms with Crippen molar-refractivity contribution in [2.24, 2.45) is 11.8 Å². The lowest BCUT2D eigenvalue weighted by atomic mass is 10.0. The number of fused-ring (bicyclic) bond motifs is 1. The van der Waals surface area contributed by atoms with E-state index in [1.807, 2.05) is 0 Å². The van der Waals surface area contributed by atoms with Crippen molar-refractivity contribution >= 4 is 21.9 Å². The molecule has 2 atom stereocenters. The molecule has 0 amide bonds. The quantitative estimate of drug-likeness (QED) is 0.822. The Hall–Kier alpha value is -0.880. The molecule has 2 unspecified atom stereocenters. The molecular formula is C12H17BrN4O. The molecule has 2 aliphatic heterocycles. The normalized spacial score (nSPS) is 27.6. The first-order chi connectivity index (χ1) is 8.67. The van der Waals surface area contributed by atoms with Crippen LogP contribution in [-0.4, -0.2) is 55.2 Å². The van der Waals surface area contributed by atoms with Crippen LogP contribution in [0.5, 0.6) is 5.88 Å². The molecule has 6 heteroatoms. The summed E-state index contributed by atoms with van der Waals surface area (Å²) in [6.45, 7) is 4.49. The maximum atomic E-state index is 5.22. The van der Waals surface area contributed by atoms with Gasteiger partial charge in [0.2, 0.25) is 11.8 Å². The average Bonchev–Trinajstić information content (AvgIpc) is 2.86. The minimum Gasteiger partial charge on any atom is -0.480 e. The first kappa shape index (κ1) is 12.2. The van der Waals surface area contributed by atoms with Gasteiger partial charge in [-0.1, -0.05) is 0 Å². The third kappa shape index (κ3) is 2.07. The summed E-state index contributed by atoms with van der Waals surface area (Å²) in [6.07, 6.45) is 1.77. The number of aromatic nitrogens is 2. The monoisotopic (exact) mass is 312 g/mol. The highest BCUT2D eigenvalue weighted by atomic mass is 79.9. The minimum absolute atomic E-state index is 0.606. The molecule has 3 rings (SSSR count). The summed E-state index contributed by atoms with van der Waals surface area (Å²) in [5, 5.41) is 0. The third-order valence-corrected chi connectivity index (χ3v) is 4.39. The van der Waals surface area contributed by atoms with Crippen LogP contribution < -0.4 is 9.64 Å². The Bertz CT molecular complexity index is 442. The number of hydrogen-bond acceptors (Lipinski definition) is 5. The molecule has 1 aromatic heterocycles. The van der Waals surface area contributed by atoms with E-state index in [0.29, 0.717) is 5.88 Å². The highest BCUT2D eigenvalue weighted by Gasteiger charge is 2.39. The van der Waals surface area contributed by atoms with Crippen molar-refractivity contribution in [3.63, 3.8) is 0 Å². The predicted octanol–water partition coefficient (Wildman–Crippen LogP) is 1.25. The van der Waals surface area contributed by atoms with Crippen molar-refractivity contribution in [3.8, 4) is 5.88 Å². The topological polar surface area (TPSA) is 41.5 Å². The number of anilines is 1. The summed E-state index contributed by atoms with van der Waals surface area (Å²) in [7, 11) is 3.83. The van der Waals surface area contributed by atoms with E-state index in [4.69, 9.17) is 4.74 Å². The zero-order chi connectivity index (χ0) is 12.7. The van der Waals surface area contributed by atoms with Gasteiger partial charge in [0, 0.05) is 26.2 Å². The number of methoxy groups -OCH3 is 1. The Morgan fingerprint density at radius 3 is 2.56 bits per heavy atom. The lowest BCUT2D eigenvalue weighted by Gasteiger charge is -2.19. The van der Waals surface area contributed by atoms with E-state index < -0.39 is 0 Å². The van der Waals surface area contributed by atoms with Crippen LogP contribution in [0.2, 0.25) is 0 Å². The third-order valence-electron chi connectivity index (χ3n) is 3.84. The van der Waals surface area contributed by atoms with Crippen LogP contribution in [0.4, 0.5) is 5.95 Å². The number of likely N-dealkylation sites (tertiary alicyclic amines) is 1. The van der Waals surface area contributed by atoms with Gasteiger partial charge in [-0.15, -0.1) is 0 Å². The highest BCUT2D eigenvalue weighted by molar-refractivity contribution is 9.10. The summed E-state index contributed by atoms with van der Waals surface area (Å²) >= 11 is 3.38. The minimum atomic E-state index is 0.606. The van der Waals surface area contributed by atoms with Gasteiger partial charge in [0.05, 0.1) is 17.8 Å². The molecule has 2 fully saturated rings. The molecule has 5 nitrogen and oxygen atoms in total. The summed E-state index contributed by atoms with van der Waals surface area (Å²) in [5.74, 6) is 2.91. The summed E-state index contributed by atoms with van der Waals surface area (Å²) in [4.78, 5) is 13.5. The number of rotatable bonds is 2. The van der Waals surface area contributed by atoms with Crippen LogP contribution in [0.1, 0.15) is 0 Å². The van der Waals surface area contributed by atoms with Gasteiger partial charge < -0.3 is 14.5 Å². The molecule has 2 aliphatic rings. The van der Waals surface area contributed by atoms with Gasteiger partial charge in [0.15, 0.2) is 0 Å². The van der Waals surface area contributed by atoms with Crippen LogP contribution in [0.15, 0.2) is 10.7 Å². The number of nitrogens with zero attached hydrogens (tertiary/aromatic N) is 4. The smallest absolute Gasteiger partial charge is 0.232 e. The van der Waals surface area contributed by atoms with E-state index in [1.165, 1.54) is 13.1 Å². The fraction of sp³-hybridized carbons (Fsp3) is 0.667. The molecular weight excluding hydrogens is 296 g/mol. The van der Waals surface area contributed by atoms with Gasteiger partial charge in [-0.05, 0) is 34.8 Å². The van der Waals surface area contributed by atoms with Crippen molar-refractivity contribution in [2.75, 3.05) is 45.2 Å². The van der Waals surface area contributed by atoms with Crippen molar-refractivity contribution < 1.29 is 4.74 Å². The molecule has 18 heavy (non-hydrogen) atoms. The zero-order valence-electron chi connectivity index (χ0n) is 10.6. The van der Waals surface area contributed by atoms with E-state index in [-0.39, 0.29) is 0 Å². The number of hydrogen-bond donors (Lipinski definition) is 0. The maximum Gasteiger partial charge on any atom is 0.232 e. The molecule has 0 N–H and O–H groups in total. The van der Waals surface area contributed by atoms with E-state index >= 15 is 0 Å².